The summed E-state index contributed by atoms with van der Waals surface area (Å²) in [4.78, 5) is 5.05. The lowest BCUT2D eigenvalue weighted by molar-refractivity contribution is 0.209. The van der Waals surface area contributed by atoms with E-state index in [0.717, 1.165) is 19.5 Å². The van der Waals surface area contributed by atoms with Gasteiger partial charge in [-0.15, -0.1) is 0 Å². The predicted octanol–water partition coefficient (Wildman–Crippen LogP) is 2.78. The lowest BCUT2D eigenvalue weighted by Gasteiger charge is -2.38. The molecule has 1 heterocycles. The Kier molecular flexibility index (Phi) is 4.06. The predicted molar refractivity (Wildman–Crippen MR) is 74.7 cm³/mol. The van der Waals surface area contributed by atoms with E-state index in [1.165, 1.54) is 24.3 Å². The molecule has 0 spiro atoms. The summed E-state index contributed by atoms with van der Waals surface area (Å²) < 4.78 is 0. The van der Waals surface area contributed by atoms with Crippen LogP contribution in [-0.2, 0) is 6.42 Å². The second-order valence-corrected chi connectivity index (χ2v) is 5.14. The number of aryl methyl sites for hydroxylation is 1. The number of anilines is 1. The minimum Gasteiger partial charge on any atom is -0.369 e. The van der Waals surface area contributed by atoms with Gasteiger partial charge in [-0.05, 0) is 38.0 Å². The number of benzene rings is 1. The Balaban J connectivity index is 1.95. The summed E-state index contributed by atoms with van der Waals surface area (Å²) in [7, 11) is 0. The summed E-state index contributed by atoms with van der Waals surface area (Å²) in [6.45, 7) is 11.5. The van der Waals surface area contributed by atoms with Crippen LogP contribution in [0.1, 0.15) is 26.3 Å². The third-order valence-corrected chi connectivity index (χ3v) is 3.75. The fraction of sp³-hybridized carbons (Fsp3) is 0.600. The summed E-state index contributed by atoms with van der Waals surface area (Å²) in [5.41, 5.74) is 2.81. The lowest BCUT2D eigenvalue weighted by Crippen LogP contribution is -2.48. The van der Waals surface area contributed by atoms with Gasteiger partial charge in [0.05, 0.1) is 0 Å². The van der Waals surface area contributed by atoms with Gasteiger partial charge in [0.2, 0.25) is 0 Å². The van der Waals surface area contributed by atoms with Gasteiger partial charge >= 0.3 is 0 Å². The van der Waals surface area contributed by atoms with Crippen LogP contribution in [0.3, 0.4) is 0 Å². The highest BCUT2D eigenvalue weighted by atomic mass is 15.3. The van der Waals surface area contributed by atoms with E-state index in [4.69, 9.17) is 0 Å². The zero-order valence-electron chi connectivity index (χ0n) is 11.3. The molecule has 1 fully saturated rings. The molecule has 0 amide bonds. The number of hydrogen-bond acceptors (Lipinski definition) is 2. The fourth-order valence-electron chi connectivity index (χ4n) is 2.44. The molecular formula is C15H24N2. The Labute approximate surface area is 105 Å². The van der Waals surface area contributed by atoms with E-state index in [2.05, 4.69) is 54.8 Å². The minimum atomic E-state index is 0.680. The lowest BCUT2D eigenvalue weighted by atomic mass is 10.1. The van der Waals surface area contributed by atoms with Crippen molar-refractivity contribution in [2.45, 2.75) is 33.2 Å². The van der Waals surface area contributed by atoms with Gasteiger partial charge in [-0.3, -0.25) is 4.90 Å². The summed E-state index contributed by atoms with van der Waals surface area (Å²) in [5, 5.41) is 0. The number of piperazine rings is 1. The van der Waals surface area contributed by atoms with Crippen molar-refractivity contribution in [2.75, 3.05) is 31.1 Å². The molecule has 0 aromatic heterocycles. The van der Waals surface area contributed by atoms with Crippen molar-refractivity contribution in [2.24, 2.45) is 0 Å². The Morgan fingerprint density at radius 1 is 1.00 bits per heavy atom. The molecule has 1 saturated heterocycles. The molecular weight excluding hydrogens is 208 g/mol. The maximum Gasteiger partial charge on any atom is 0.0367 e. The quantitative estimate of drug-likeness (QED) is 0.790. The number of nitrogens with zero attached hydrogens (tertiary/aromatic N) is 2. The van der Waals surface area contributed by atoms with Crippen LogP contribution >= 0.6 is 0 Å². The van der Waals surface area contributed by atoms with Crippen molar-refractivity contribution in [3.8, 4) is 0 Å². The van der Waals surface area contributed by atoms with Crippen molar-refractivity contribution in [1.29, 1.82) is 0 Å². The Morgan fingerprint density at radius 2 is 1.59 bits per heavy atom. The molecule has 1 aliphatic rings. The minimum absolute atomic E-state index is 0.680. The van der Waals surface area contributed by atoms with Crippen LogP contribution in [0.4, 0.5) is 5.69 Å². The first-order valence-electron chi connectivity index (χ1n) is 6.78. The van der Waals surface area contributed by atoms with Gasteiger partial charge in [-0.1, -0.05) is 19.1 Å². The zero-order valence-corrected chi connectivity index (χ0v) is 11.3. The monoisotopic (exact) mass is 232 g/mol. The number of hydrogen-bond donors (Lipinski definition) is 0. The van der Waals surface area contributed by atoms with Crippen molar-refractivity contribution >= 4 is 5.69 Å². The van der Waals surface area contributed by atoms with Crippen LogP contribution < -0.4 is 4.90 Å². The molecule has 0 N–H and O–H groups in total. The average Bonchev–Trinajstić information content (AvgIpc) is 2.39. The first-order chi connectivity index (χ1) is 8.20. The summed E-state index contributed by atoms with van der Waals surface area (Å²) in [6, 6.07) is 9.72. The maximum absolute atomic E-state index is 2.55. The van der Waals surface area contributed by atoms with E-state index >= 15 is 0 Å². The summed E-state index contributed by atoms with van der Waals surface area (Å²) >= 11 is 0. The average molecular weight is 232 g/mol. The van der Waals surface area contributed by atoms with Gasteiger partial charge in [0.15, 0.2) is 0 Å². The molecule has 1 aromatic carbocycles. The second kappa shape index (κ2) is 5.54. The SMILES string of the molecule is CCc1ccc(N2CCN(C(C)C)CC2)cc1. The van der Waals surface area contributed by atoms with Crippen molar-refractivity contribution in [1.82, 2.24) is 4.90 Å². The maximum atomic E-state index is 2.55. The molecule has 1 aromatic rings. The Bertz CT molecular complexity index is 334. The molecule has 0 saturated carbocycles. The molecule has 0 radical (unpaired) electrons. The fourth-order valence-corrected chi connectivity index (χ4v) is 2.44. The van der Waals surface area contributed by atoms with E-state index in [1.54, 1.807) is 0 Å². The summed E-state index contributed by atoms with van der Waals surface area (Å²) in [6.07, 6.45) is 1.13. The van der Waals surface area contributed by atoms with Gasteiger partial charge in [0.25, 0.3) is 0 Å². The van der Waals surface area contributed by atoms with E-state index in [-0.39, 0.29) is 0 Å². The summed E-state index contributed by atoms with van der Waals surface area (Å²) in [5.74, 6) is 0. The van der Waals surface area contributed by atoms with Crippen molar-refractivity contribution in [3.05, 3.63) is 29.8 Å². The smallest absolute Gasteiger partial charge is 0.0367 e. The highest BCUT2D eigenvalue weighted by molar-refractivity contribution is 5.48. The molecule has 0 unspecified atom stereocenters. The molecule has 0 aliphatic carbocycles. The normalized spacial score (nSPS) is 17.8. The molecule has 94 valence electrons. The van der Waals surface area contributed by atoms with Crippen molar-refractivity contribution in [3.63, 3.8) is 0 Å². The van der Waals surface area contributed by atoms with E-state index in [1.807, 2.05) is 0 Å². The molecule has 2 heteroatoms. The van der Waals surface area contributed by atoms with Crippen LogP contribution in [0.2, 0.25) is 0 Å². The van der Waals surface area contributed by atoms with Gasteiger partial charge in [0.1, 0.15) is 0 Å². The third kappa shape index (κ3) is 3.01. The highest BCUT2D eigenvalue weighted by Crippen LogP contribution is 2.18. The topological polar surface area (TPSA) is 6.48 Å². The largest absolute Gasteiger partial charge is 0.369 e. The van der Waals surface area contributed by atoms with Crippen LogP contribution in [0.5, 0.6) is 0 Å². The van der Waals surface area contributed by atoms with Gasteiger partial charge in [-0.2, -0.15) is 0 Å². The van der Waals surface area contributed by atoms with Crippen LogP contribution in [-0.4, -0.2) is 37.1 Å². The molecule has 17 heavy (non-hydrogen) atoms. The molecule has 0 bridgehead atoms. The van der Waals surface area contributed by atoms with Crippen LogP contribution in [0.15, 0.2) is 24.3 Å². The number of rotatable bonds is 3. The first-order valence-corrected chi connectivity index (χ1v) is 6.78. The van der Waals surface area contributed by atoms with Gasteiger partial charge in [0, 0.05) is 37.9 Å². The standard InChI is InChI=1S/C15H24N2/c1-4-14-5-7-15(8-6-14)17-11-9-16(10-12-17)13(2)3/h5-8,13H,4,9-12H2,1-3H3. The molecule has 0 atom stereocenters. The Hall–Kier alpha value is -1.02. The first kappa shape index (κ1) is 12.4. The molecule has 1 aliphatic heterocycles. The molecule has 2 rings (SSSR count). The van der Waals surface area contributed by atoms with Gasteiger partial charge < -0.3 is 4.90 Å². The van der Waals surface area contributed by atoms with Crippen molar-refractivity contribution < 1.29 is 0 Å². The highest BCUT2D eigenvalue weighted by Gasteiger charge is 2.18. The van der Waals surface area contributed by atoms with Crippen LogP contribution in [0.25, 0.3) is 0 Å². The third-order valence-electron chi connectivity index (χ3n) is 3.75. The van der Waals surface area contributed by atoms with E-state index in [0.29, 0.717) is 6.04 Å². The zero-order chi connectivity index (χ0) is 12.3. The Morgan fingerprint density at radius 3 is 2.06 bits per heavy atom. The second-order valence-electron chi connectivity index (χ2n) is 5.14. The van der Waals surface area contributed by atoms with Gasteiger partial charge in [-0.25, -0.2) is 0 Å². The van der Waals surface area contributed by atoms with E-state index in [9.17, 15) is 0 Å². The molecule has 2 nitrogen and oxygen atoms in total. The van der Waals surface area contributed by atoms with Crippen LogP contribution in [0, 0.1) is 0 Å². The van der Waals surface area contributed by atoms with E-state index < -0.39 is 0 Å².